The van der Waals surface area contributed by atoms with Gasteiger partial charge in [0.25, 0.3) is 0 Å². The number of anilines is 2. The lowest BCUT2D eigenvalue weighted by atomic mass is 9.99. The van der Waals surface area contributed by atoms with Gasteiger partial charge in [-0.2, -0.15) is 0 Å². The van der Waals surface area contributed by atoms with Gasteiger partial charge < -0.3 is 19.6 Å². The number of benzene rings is 3. The molecular formula is C27H26N2O4. The third-order valence-electron chi connectivity index (χ3n) is 5.80. The van der Waals surface area contributed by atoms with Gasteiger partial charge >= 0.3 is 11.9 Å². The summed E-state index contributed by atoms with van der Waals surface area (Å²) in [7, 11) is 1.27. The molecule has 1 aliphatic rings. The number of methoxy groups -OCH3 is 1. The zero-order valence-corrected chi connectivity index (χ0v) is 18.9. The fourth-order valence-electron chi connectivity index (χ4n) is 4.15. The Morgan fingerprint density at radius 3 is 1.91 bits per heavy atom. The van der Waals surface area contributed by atoms with E-state index >= 15 is 0 Å². The van der Waals surface area contributed by atoms with Gasteiger partial charge in [-0.3, -0.25) is 0 Å². The van der Waals surface area contributed by atoms with Gasteiger partial charge in [0.1, 0.15) is 11.9 Å². The van der Waals surface area contributed by atoms with E-state index in [1.54, 1.807) is 4.90 Å². The molecule has 0 aliphatic carbocycles. The highest BCUT2D eigenvalue weighted by atomic mass is 16.5. The van der Waals surface area contributed by atoms with Crippen molar-refractivity contribution in [2.75, 3.05) is 23.5 Å². The number of carboxylic acid groups (broad SMARTS) is 1. The van der Waals surface area contributed by atoms with Crippen LogP contribution in [0.4, 0.5) is 11.4 Å². The summed E-state index contributed by atoms with van der Waals surface area (Å²) in [6.45, 7) is 4.08. The van der Waals surface area contributed by atoms with Gasteiger partial charge in [0.2, 0.25) is 0 Å². The third-order valence-corrected chi connectivity index (χ3v) is 5.80. The summed E-state index contributed by atoms with van der Waals surface area (Å²) in [5.74, 6) is -1.84. The smallest absolute Gasteiger partial charge is 0.353 e. The first-order chi connectivity index (χ1) is 15.9. The van der Waals surface area contributed by atoms with Crippen LogP contribution in [0.5, 0.6) is 0 Å². The van der Waals surface area contributed by atoms with E-state index in [4.69, 9.17) is 4.74 Å². The van der Waals surface area contributed by atoms with Gasteiger partial charge in [0.05, 0.1) is 19.2 Å². The van der Waals surface area contributed by atoms with Crippen LogP contribution in [0.3, 0.4) is 0 Å². The summed E-state index contributed by atoms with van der Waals surface area (Å²) in [6.07, 6.45) is -0.490. The maximum absolute atomic E-state index is 12.8. The van der Waals surface area contributed by atoms with Crippen molar-refractivity contribution < 1.29 is 19.4 Å². The summed E-state index contributed by atoms with van der Waals surface area (Å²) >= 11 is 0. The molecule has 0 aromatic heterocycles. The van der Waals surface area contributed by atoms with Crippen molar-refractivity contribution in [3.05, 3.63) is 107 Å². The number of nitrogens with zero attached hydrogens (tertiary/aromatic N) is 2. The molecule has 1 heterocycles. The number of carbonyl (C=O) groups excluding carboxylic acids is 1. The Balaban J connectivity index is 2.02. The average Bonchev–Trinajstić information content (AvgIpc) is 2.83. The summed E-state index contributed by atoms with van der Waals surface area (Å²) in [6, 6.07) is 25.3. The highest BCUT2D eigenvalue weighted by Gasteiger charge is 2.41. The Bertz CT molecular complexity index is 1190. The topological polar surface area (TPSA) is 70.1 Å². The molecule has 0 fully saturated rings. The minimum atomic E-state index is -1.18. The minimum absolute atomic E-state index is 0.0806. The normalized spacial score (nSPS) is 16.0. The molecule has 168 valence electrons. The number of aryl methyl sites for hydroxylation is 2. The van der Waals surface area contributed by atoms with Crippen molar-refractivity contribution >= 4 is 23.3 Å². The molecule has 1 atom stereocenters. The molecule has 0 radical (unpaired) electrons. The van der Waals surface area contributed by atoms with E-state index in [2.05, 4.69) is 0 Å². The lowest BCUT2D eigenvalue weighted by molar-refractivity contribution is -0.138. The van der Waals surface area contributed by atoms with Crippen LogP contribution in [0.25, 0.3) is 0 Å². The molecule has 3 aromatic carbocycles. The zero-order valence-electron chi connectivity index (χ0n) is 18.9. The van der Waals surface area contributed by atoms with Gasteiger partial charge in [0, 0.05) is 11.4 Å². The number of hydrogen-bond donors (Lipinski definition) is 1. The predicted molar refractivity (Wildman–Crippen MR) is 128 cm³/mol. The quantitative estimate of drug-likeness (QED) is 0.570. The fraction of sp³-hybridized carbons (Fsp3) is 0.185. The van der Waals surface area contributed by atoms with Crippen molar-refractivity contribution in [3.8, 4) is 0 Å². The van der Waals surface area contributed by atoms with Gasteiger partial charge in [-0.15, -0.1) is 0 Å². The molecule has 33 heavy (non-hydrogen) atoms. The highest BCUT2D eigenvalue weighted by molar-refractivity contribution is 6.04. The molecule has 0 saturated heterocycles. The summed E-state index contributed by atoms with van der Waals surface area (Å²) in [4.78, 5) is 29.1. The second-order valence-corrected chi connectivity index (χ2v) is 8.08. The molecule has 0 amide bonds. The first-order valence-corrected chi connectivity index (χ1v) is 10.7. The average molecular weight is 443 g/mol. The van der Waals surface area contributed by atoms with Crippen molar-refractivity contribution in [2.24, 2.45) is 0 Å². The molecule has 0 spiro atoms. The molecule has 0 saturated carbocycles. The van der Waals surface area contributed by atoms with Crippen LogP contribution in [0.1, 0.15) is 22.9 Å². The molecular weight excluding hydrogens is 416 g/mol. The zero-order chi connectivity index (χ0) is 23.5. The molecule has 0 bridgehead atoms. The number of carboxylic acids is 1. The van der Waals surface area contributed by atoms with Crippen LogP contribution in [-0.4, -0.2) is 30.7 Å². The Morgan fingerprint density at radius 2 is 1.39 bits per heavy atom. The van der Waals surface area contributed by atoms with E-state index < -0.39 is 18.1 Å². The SMILES string of the molecule is COC(=O)C1=C(C(=O)O)N(c2ccc(C)cc2)C(c2ccccc2)N(c2ccc(C)cc2)C1. The van der Waals surface area contributed by atoms with E-state index in [1.165, 1.54) is 7.11 Å². The minimum Gasteiger partial charge on any atom is -0.477 e. The number of ether oxygens (including phenoxy) is 1. The summed E-state index contributed by atoms with van der Waals surface area (Å²) in [5.41, 5.74) is 4.62. The van der Waals surface area contributed by atoms with Crippen LogP contribution < -0.4 is 9.80 Å². The van der Waals surface area contributed by atoms with Crippen molar-refractivity contribution in [3.63, 3.8) is 0 Å². The van der Waals surface area contributed by atoms with E-state index in [1.807, 2.05) is 97.6 Å². The maximum Gasteiger partial charge on any atom is 0.353 e. The molecule has 6 heteroatoms. The highest BCUT2D eigenvalue weighted by Crippen LogP contribution is 2.41. The van der Waals surface area contributed by atoms with Crippen LogP contribution in [0.15, 0.2) is 90.1 Å². The first kappa shape index (κ1) is 22.1. The number of esters is 1. The predicted octanol–water partition coefficient (Wildman–Crippen LogP) is 4.84. The van der Waals surface area contributed by atoms with Crippen LogP contribution >= 0.6 is 0 Å². The van der Waals surface area contributed by atoms with Crippen LogP contribution in [-0.2, 0) is 14.3 Å². The third kappa shape index (κ3) is 4.32. The van der Waals surface area contributed by atoms with Crippen LogP contribution in [0, 0.1) is 13.8 Å². The molecule has 6 nitrogen and oxygen atoms in total. The summed E-state index contributed by atoms with van der Waals surface area (Å²) in [5, 5.41) is 10.3. The first-order valence-electron chi connectivity index (χ1n) is 10.7. The van der Waals surface area contributed by atoms with Gasteiger partial charge in [0.15, 0.2) is 0 Å². The molecule has 3 aromatic rings. The van der Waals surface area contributed by atoms with E-state index in [0.29, 0.717) is 5.69 Å². The second kappa shape index (κ2) is 9.20. The number of aliphatic carboxylic acids is 1. The van der Waals surface area contributed by atoms with E-state index in [-0.39, 0.29) is 17.8 Å². The van der Waals surface area contributed by atoms with Crippen LogP contribution in [0.2, 0.25) is 0 Å². The molecule has 1 unspecified atom stereocenters. The van der Waals surface area contributed by atoms with E-state index in [9.17, 15) is 14.7 Å². The lowest BCUT2D eigenvalue weighted by Gasteiger charge is -2.46. The fourth-order valence-corrected chi connectivity index (χ4v) is 4.15. The number of hydrogen-bond acceptors (Lipinski definition) is 5. The Hall–Kier alpha value is -4.06. The molecule has 4 rings (SSSR count). The Labute approximate surface area is 193 Å². The molecule has 1 N–H and O–H groups in total. The maximum atomic E-state index is 12.8. The second-order valence-electron chi connectivity index (χ2n) is 8.08. The van der Waals surface area contributed by atoms with Gasteiger partial charge in [-0.1, -0.05) is 65.7 Å². The van der Waals surface area contributed by atoms with Crippen molar-refractivity contribution in [1.29, 1.82) is 0 Å². The van der Waals surface area contributed by atoms with Crippen molar-refractivity contribution in [1.82, 2.24) is 0 Å². The van der Waals surface area contributed by atoms with Gasteiger partial charge in [-0.25, -0.2) is 9.59 Å². The Kier molecular flexibility index (Phi) is 6.18. The number of rotatable bonds is 5. The number of carbonyl (C=O) groups is 2. The van der Waals surface area contributed by atoms with Crippen molar-refractivity contribution in [2.45, 2.75) is 20.0 Å². The standard InChI is InChI=1S/C27H26N2O4/c1-18-9-13-21(14-10-18)28-17-23(27(32)33-3)24(26(30)31)29(22-15-11-19(2)12-16-22)25(28)20-7-5-4-6-8-20/h4-16,25H,17H2,1-3H3,(H,30,31). The largest absolute Gasteiger partial charge is 0.477 e. The molecule has 1 aliphatic heterocycles. The lowest BCUT2D eigenvalue weighted by Crippen LogP contribution is -2.50. The summed E-state index contributed by atoms with van der Waals surface area (Å²) < 4.78 is 5.00. The Morgan fingerprint density at radius 1 is 0.848 bits per heavy atom. The monoisotopic (exact) mass is 442 g/mol. The van der Waals surface area contributed by atoms with E-state index in [0.717, 1.165) is 22.4 Å². The van der Waals surface area contributed by atoms with Gasteiger partial charge in [-0.05, 0) is 43.7 Å².